The Morgan fingerprint density at radius 2 is 2.29 bits per heavy atom. The number of benzene rings is 1. The minimum Gasteiger partial charge on any atom is -0.485 e. The molecule has 0 aliphatic carbocycles. The first kappa shape index (κ1) is 8.87. The molecule has 4 nitrogen and oxygen atoms in total. The Labute approximate surface area is 81.6 Å². The monoisotopic (exact) mass is 193 g/mol. The zero-order chi connectivity index (χ0) is 10.1. The number of carbonyl (C=O) groups is 1. The first-order valence-corrected chi connectivity index (χ1v) is 4.36. The van der Waals surface area contributed by atoms with Gasteiger partial charge in [-0.1, -0.05) is 6.07 Å². The van der Waals surface area contributed by atoms with Crippen LogP contribution < -0.4 is 15.2 Å². The summed E-state index contributed by atoms with van der Waals surface area (Å²) in [6, 6.07) is 5.54. The molecule has 0 fully saturated rings. The van der Waals surface area contributed by atoms with Gasteiger partial charge in [-0.25, -0.2) is 0 Å². The van der Waals surface area contributed by atoms with E-state index in [9.17, 15) is 4.79 Å². The van der Waals surface area contributed by atoms with Crippen molar-refractivity contribution in [3.05, 3.63) is 23.8 Å². The molecular formula is C10H11NO3. The van der Waals surface area contributed by atoms with E-state index >= 15 is 0 Å². The fraction of sp³-hybridized carbons (Fsp3) is 0.300. The summed E-state index contributed by atoms with van der Waals surface area (Å²) in [5, 5.41) is 0. The molecule has 1 heterocycles. The molecule has 74 valence electrons. The summed E-state index contributed by atoms with van der Waals surface area (Å²) < 4.78 is 10.7. The largest absolute Gasteiger partial charge is 0.485 e. The lowest BCUT2D eigenvalue weighted by Gasteiger charge is -2.24. The molecule has 1 aliphatic heterocycles. The lowest BCUT2D eigenvalue weighted by molar-refractivity contribution is -0.127. The van der Waals surface area contributed by atoms with Crippen LogP contribution in [0.5, 0.6) is 11.5 Å². The minimum atomic E-state index is -0.676. The SMILES string of the molecule is Cc1ccc2c(c1)OCC(C(N)=O)O2. The van der Waals surface area contributed by atoms with Gasteiger partial charge in [0, 0.05) is 0 Å². The summed E-state index contributed by atoms with van der Waals surface area (Å²) in [6.07, 6.45) is -0.676. The summed E-state index contributed by atoms with van der Waals surface area (Å²) in [5.74, 6) is 0.740. The van der Waals surface area contributed by atoms with Crippen LogP contribution in [0.25, 0.3) is 0 Å². The van der Waals surface area contributed by atoms with Crippen molar-refractivity contribution in [2.75, 3.05) is 6.61 Å². The predicted octanol–water partition coefficient (Wildman–Crippen LogP) is 0.620. The topological polar surface area (TPSA) is 61.5 Å². The molecule has 2 N–H and O–H groups in total. The molecule has 2 rings (SSSR count). The maximum atomic E-state index is 10.8. The average Bonchev–Trinajstić information content (AvgIpc) is 2.16. The van der Waals surface area contributed by atoms with Gasteiger partial charge in [-0.2, -0.15) is 0 Å². The fourth-order valence-electron chi connectivity index (χ4n) is 1.32. The number of fused-ring (bicyclic) bond motifs is 1. The van der Waals surface area contributed by atoms with Crippen molar-refractivity contribution in [2.24, 2.45) is 5.73 Å². The average molecular weight is 193 g/mol. The summed E-state index contributed by atoms with van der Waals surface area (Å²) in [6.45, 7) is 2.15. The molecule has 1 amide bonds. The van der Waals surface area contributed by atoms with Gasteiger partial charge < -0.3 is 15.2 Å². The maximum absolute atomic E-state index is 10.8. The maximum Gasteiger partial charge on any atom is 0.262 e. The molecule has 0 bridgehead atoms. The molecule has 1 aliphatic rings. The number of carbonyl (C=O) groups excluding carboxylic acids is 1. The minimum absolute atomic E-state index is 0.186. The molecule has 14 heavy (non-hydrogen) atoms. The quantitative estimate of drug-likeness (QED) is 0.711. The third-order valence-corrected chi connectivity index (χ3v) is 2.08. The van der Waals surface area contributed by atoms with Crippen LogP contribution in [0.3, 0.4) is 0 Å². The molecule has 0 radical (unpaired) electrons. The molecular weight excluding hydrogens is 182 g/mol. The van der Waals surface area contributed by atoms with Crippen LogP contribution in [0.1, 0.15) is 5.56 Å². The molecule has 1 atom stereocenters. The fourth-order valence-corrected chi connectivity index (χ4v) is 1.32. The van der Waals surface area contributed by atoms with Gasteiger partial charge in [0.15, 0.2) is 11.5 Å². The molecule has 1 aromatic rings. The van der Waals surface area contributed by atoms with Crippen molar-refractivity contribution in [1.82, 2.24) is 0 Å². The smallest absolute Gasteiger partial charge is 0.262 e. The summed E-state index contributed by atoms with van der Waals surface area (Å²) in [7, 11) is 0. The second-order valence-electron chi connectivity index (χ2n) is 3.27. The Morgan fingerprint density at radius 1 is 1.50 bits per heavy atom. The Kier molecular flexibility index (Phi) is 2.04. The number of hydrogen-bond acceptors (Lipinski definition) is 3. The highest BCUT2D eigenvalue weighted by atomic mass is 16.6. The summed E-state index contributed by atoms with van der Waals surface area (Å²) >= 11 is 0. The van der Waals surface area contributed by atoms with Crippen molar-refractivity contribution < 1.29 is 14.3 Å². The van der Waals surface area contributed by atoms with Crippen LogP contribution in [0.15, 0.2) is 18.2 Å². The molecule has 0 spiro atoms. The van der Waals surface area contributed by atoms with Crippen molar-refractivity contribution in [1.29, 1.82) is 0 Å². The van der Waals surface area contributed by atoms with Gasteiger partial charge in [0.05, 0.1) is 0 Å². The highest BCUT2D eigenvalue weighted by molar-refractivity contribution is 5.79. The summed E-state index contributed by atoms with van der Waals surface area (Å²) in [4.78, 5) is 10.8. The van der Waals surface area contributed by atoms with Crippen molar-refractivity contribution in [3.63, 3.8) is 0 Å². The number of rotatable bonds is 1. The highest BCUT2D eigenvalue weighted by Gasteiger charge is 2.25. The van der Waals surface area contributed by atoms with Gasteiger partial charge in [-0.3, -0.25) is 4.79 Å². The van der Waals surface area contributed by atoms with Crippen LogP contribution >= 0.6 is 0 Å². The molecule has 0 saturated heterocycles. The third-order valence-electron chi connectivity index (χ3n) is 2.08. The van der Waals surface area contributed by atoms with E-state index in [1.807, 2.05) is 19.1 Å². The van der Waals surface area contributed by atoms with E-state index < -0.39 is 12.0 Å². The normalized spacial score (nSPS) is 19.1. The standard InChI is InChI=1S/C10H11NO3/c1-6-2-3-7-8(4-6)13-5-9(14-7)10(11)12/h2-4,9H,5H2,1H3,(H2,11,12). The van der Waals surface area contributed by atoms with Gasteiger partial charge in [0.2, 0.25) is 6.10 Å². The number of nitrogens with two attached hydrogens (primary N) is 1. The van der Waals surface area contributed by atoms with E-state index in [-0.39, 0.29) is 6.61 Å². The number of ether oxygens (including phenoxy) is 2. The first-order valence-electron chi connectivity index (χ1n) is 4.36. The van der Waals surface area contributed by atoms with E-state index in [4.69, 9.17) is 15.2 Å². The van der Waals surface area contributed by atoms with E-state index in [0.29, 0.717) is 11.5 Å². The van der Waals surface area contributed by atoms with E-state index in [2.05, 4.69) is 0 Å². The Bertz CT molecular complexity index is 376. The van der Waals surface area contributed by atoms with Crippen LogP contribution in [0.2, 0.25) is 0 Å². The number of primary amides is 1. The lowest BCUT2D eigenvalue weighted by atomic mass is 10.2. The number of aryl methyl sites for hydroxylation is 1. The van der Waals surface area contributed by atoms with Gasteiger partial charge in [0.25, 0.3) is 5.91 Å². The van der Waals surface area contributed by atoms with Crippen molar-refractivity contribution in [3.8, 4) is 11.5 Å². The zero-order valence-corrected chi connectivity index (χ0v) is 7.82. The predicted molar refractivity (Wildman–Crippen MR) is 50.3 cm³/mol. The van der Waals surface area contributed by atoms with Crippen molar-refractivity contribution in [2.45, 2.75) is 13.0 Å². The van der Waals surface area contributed by atoms with Crippen LogP contribution in [-0.4, -0.2) is 18.6 Å². The zero-order valence-electron chi connectivity index (χ0n) is 7.82. The highest BCUT2D eigenvalue weighted by Crippen LogP contribution is 2.32. The molecule has 1 unspecified atom stereocenters. The van der Waals surface area contributed by atoms with E-state index in [1.165, 1.54) is 0 Å². The second kappa shape index (κ2) is 3.21. The summed E-state index contributed by atoms with van der Waals surface area (Å²) in [5.41, 5.74) is 6.20. The molecule has 4 heteroatoms. The van der Waals surface area contributed by atoms with Crippen molar-refractivity contribution >= 4 is 5.91 Å². The Morgan fingerprint density at radius 3 is 3.00 bits per heavy atom. The molecule has 1 aromatic carbocycles. The molecule has 0 aromatic heterocycles. The van der Waals surface area contributed by atoms with E-state index in [0.717, 1.165) is 5.56 Å². The van der Waals surface area contributed by atoms with Gasteiger partial charge in [-0.05, 0) is 24.6 Å². The number of amides is 1. The number of hydrogen-bond donors (Lipinski definition) is 1. The van der Waals surface area contributed by atoms with Crippen LogP contribution in [0.4, 0.5) is 0 Å². The van der Waals surface area contributed by atoms with Gasteiger partial charge >= 0.3 is 0 Å². The Hall–Kier alpha value is -1.71. The van der Waals surface area contributed by atoms with E-state index in [1.54, 1.807) is 6.07 Å². The lowest BCUT2D eigenvalue weighted by Crippen LogP contribution is -2.40. The first-order chi connectivity index (χ1) is 6.66. The Balaban J connectivity index is 2.27. The molecule has 0 saturated carbocycles. The second-order valence-corrected chi connectivity index (χ2v) is 3.27. The van der Waals surface area contributed by atoms with Gasteiger partial charge in [0.1, 0.15) is 6.61 Å². The van der Waals surface area contributed by atoms with Crippen LogP contribution in [0, 0.1) is 6.92 Å². The third kappa shape index (κ3) is 1.51. The van der Waals surface area contributed by atoms with Crippen LogP contribution in [-0.2, 0) is 4.79 Å². The van der Waals surface area contributed by atoms with Gasteiger partial charge in [-0.15, -0.1) is 0 Å².